The summed E-state index contributed by atoms with van der Waals surface area (Å²) in [6, 6.07) is 65.5. The fourth-order valence-electron chi connectivity index (χ4n) is 8.00. The maximum Gasteiger partial charge on any atom is 0.227 e. The number of oxazole rings is 1. The van der Waals surface area contributed by atoms with Crippen molar-refractivity contribution in [2.75, 3.05) is 4.90 Å². The second kappa shape index (κ2) is 12.1. The van der Waals surface area contributed by atoms with Crippen molar-refractivity contribution in [2.24, 2.45) is 0 Å². The molecule has 0 aliphatic heterocycles. The number of para-hydroxylation sites is 4. The van der Waals surface area contributed by atoms with Crippen molar-refractivity contribution < 1.29 is 8.83 Å². The molecule has 0 amide bonds. The molecule has 0 atom stereocenters. The molecule has 5 nitrogen and oxygen atoms in total. The van der Waals surface area contributed by atoms with Crippen molar-refractivity contribution in [2.45, 2.75) is 0 Å². The zero-order valence-electron chi connectivity index (χ0n) is 29.1. The van der Waals surface area contributed by atoms with Crippen molar-refractivity contribution >= 4 is 71.9 Å². The average Bonchev–Trinajstić information content (AvgIpc) is 3.95. The fraction of sp³-hybridized carbons (Fsp3) is 0. The number of benzene rings is 8. The number of hydrogen-bond donors (Lipinski definition) is 0. The summed E-state index contributed by atoms with van der Waals surface area (Å²) in [5.41, 5.74) is 12.3. The number of hydrogen-bond acceptors (Lipinski definition) is 4. The van der Waals surface area contributed by atoms with E-state index >= 15 is 0 Å². The zero-order chi connectivity index (χ0) is 35.6. The SMILES string of the molecule is c1ccc(-c2ccc(N(c3cc4oc5ccccc5c4c4oc(-c5ccccc5)nc34)c3cccc4c5ccccc5n(-c5ccccc5)c34)cc2)cc1. The average molecular weight is 694 g/mol. The summed E-state index contributed by atoms with van der Waals surface area (Å²) in [6.45, 7) is 0. The summed E-state index contributed by atoms with van der Waals surface area (Å²) in [5.74, 6) is 0.556. The van der Waals surface area contributed by atoms with Crippen LogP contribution in [0.4, 0.5) is 17.1 Å². The van der Waals surface area contributed by atoms with Gasteiger partial charge in [0.1, 0.15) is 16.7 Å². The topological polar surface area (TPSA) is 47.3 Å². The summed E-state index contributed by atoms with van der Waals surface area (Å²) >= 11 is 0. The molecule has 0 aliphatic rings. The van der Waals surface area contributed by atoms with Gasteiger partial charge in [0.25, 0.3) is 0 Å². The second-order valence-electron chi connectivity index (χ2n) is 13.5. The van der Waals surface area contributed by atoms with Crippen LogP contribution in [0.15, 0.2) is 197 Å². The number of nitrogens with zero attached hydrogens (tertiary/aromatic N) is 3. The molecular formula is C49H31N3O2. The lowest BCUT2D eigenvalue weighted by molar-refractivity contribution is 0.622. The van der Waals surface area contributed by atoms with Crippen LogP contribution in [0.25, 0.3) is 83.1 Å². The van der Waals surface area contributed by atoms with Crippen molar-refractivity contribution in [1.29, 1.82) is 0 Å². The van der Waals surface area contributed by atoms with Gasteiger partial charge in [0.2, 0.25) is 5.89 Å². The van der Waals surface area contributed by atoms with E-state index in [-0.39, 0.29) is 0 Å². The Morgan fingerprint density at radius 3 is 1.87 bits per heavy atom. The highest BCUT2D eigenvalue weighted by Gasteiger charge is 2.27. The number of anilines is 3. The molecule has 3 heterocycles. The van der Waals surface area contributed by atoms with Gasteiger partial charge in [-0.1, -0.05) is 127 Å². The standard InChI is InChI=1S/C49H31N3O2/c1-4-15-32(16-5-1)33-27-29-36(30-28-33)51(41-25-14-23-38-37-21-10-12-24-40(37)52(47(38)41)35-19-8-3-9-20-35)42-31-44-45(39-22-11-13-26-43(39)53-44)48-46(42)50-49(54-48)34-17-6-2-7-18-34/h1-31H. The van der Waals surface area contributed by atoms with E-state index in [4.69, 9.17) is 13.8 Å². The van der Waals surface area contributed by atoms with Gasteiger partial charge in [0.05, 0.1) is 27.8 Å². The Labute approximate surface area is 310 Å². The van der Waals surface area contributed by atoms with Crippen LogP contribution in [0.2, 0.25) is 0 Å². The maximum absolute atomic E-state index is 6.80. The first-order valence-corrected chi connectivity index (χ1v) is 18.1. The molecular weight excluding hydrogens is 663 g/mol. The van der Waals surface area contributed by atoms with Crippen LogP contribution >= 0.6 is 0 Å². The highest BCUT2D eigenvalue weighted by atomic mass is 16.4. The van der Waals surface area contributed by atoms with Crippen molar-refractivity contribution in [1.82, 2.24) is 9.55 Å². The molecule has 0 radical (unpaired) electrons. The molecule has 8 aromatic carbocycles. The van der Waals surface area contributed by atoms with Gasteiger partial charge in [-0.2, -0.15) is 0 Å². The first kappa shape index (κ1) is 30.3. The fourth-order valence-corrected chi connectivity index (χ4v) is 8.00. The predicted octanol–water partition coefficient (Wildman–Crippen LogP) is 13.6. The Morgan fingerprint density at radius 1 is 0.463 bits per heavy atom. The Kier molecular flexibility index (Phi) is 6.79. The molecule has 0 fully saturated rings. The third-order valence-corrected chi connectivity index (χ3v) is 10.4. The second-order valence-corrected chi connectivity index (χ2v) is 13.5. The van der Waals surface area contributed by atoms with Crippen LogP contribution in [0.3, 0.4) is 0 Å². The van der Waals surface area contributed by atoms with Crippen molar-refractivity contribution in [3.05, 3.63) is 188 Å². The number of rotatable bonds is 6. The molecule has 254 valence electrons. The van der Waals surface area contributed by atoms with Crippen LogP contribution in [0.5, 0.6) is 0 Å². The lowest BCUT2D eigenvalue weighted by Gasteiger charge is -2.27. The molecule has 0 saturated heterocycles. The maximum atomic E-state index is 6.80. The van der Waals surface area contributed by atoms with Crippen LogP contribution in [0.1, 0.15) is 0 Å². The van der Waals surface area contributed by atoms with Crippen molar-refractivity contribution in [3.63, 3.8) is 0 Å². The highest BCUT2D eigenvalue weighted by molar-refractivity contribution is 6.21. The minimum absolute atomic E-state index is 0.556. The smallest absolute Gasteiger partial charge is 0.227 e. The molecule has 5 heteroatoms. The van der Waals surface area contributed by atoms with E-state index in [2.05, 4.69) is 143 Å². The number of furan rings is 1. The summed E-state index contributed by atoms with van der Waals surface area (Å²) in [4.78, 5) is 7.62. The summed E-state index contributed by atoms with van der Waals surface area (Å²) in [7, 11) is 0. The number of fused-ring (bicyclic) bond motifs is 8. The minimum atomic E-state index is 0.556. The Bertz CT molecular complexity index is 3140. The first-order valence-electron chi connectivity index (χ1n) is 18.1. The van der Waals surface area contributed by atoms with Crippen LogP contribution in [0, 0.1) is 0 Å². The third kappa shape index (κ3) is 4.69. The van der Waals surface area contributed by atoms with E-state index in [9.17, 15) is 0 Å². The van der Waals surface area contributed by atoms with Gasteiger partial charge in [0.15, 0.2) is 5.58 Å². The van der Waals surface area contributed by atoms with E-state index in [1.165, 1.54) is 5.39 Å². The first-order chi connectivity index (χ1) is 26.8. The minimum Gasteiger partial charge on any atom is -0.456 e. The molecule has 0 unspecified atom stereocenters. The highest BCUT2D eigenvalue weighted by Crippen LogP contribution is 2.48. The molecule has 3 aromatic heterocycles. The van der Waals surface area contributed by atoms with E-state index < -0.39 is 0 Å². The molecule has 11 aromatic rings. The lowest BCUT2D eigenvalue weighted by atomic mass is 10.0. The summed E-state index contributed by atoms with van der Waals surface area (Å²) < 4.78 is 15.8. The van der Waals surface area contributed by atoms with Crippen LogP contribution in [-0.4, -0.2) is 9.55 Å². The molecule has 11 rings (SSSR count). The molecule has 0 N–H and O–H groups in total. The molecule has 54 heavy (non-hydrogen) atoms. The third-order valence-electron chi connectivity index (χ3n) is 10.4. The lowest BCUT2D eigenvalue weighted by Crippen LogP contribution is -2.12. The van der Waals surface area contributed by atoms with Gasteiger partial charge >= 0.3 is 0 Å². The van der Waals surface area contributed by atoms with Gasteiger partial charge in [-0.15, -0.1) is 0 Å². The van der Waals surface area contributed by atoms with E-state index in [0.717, 1.165) is 83.3 Å². The molecule has 0 bridgehead atoms. The summed E-state index contributed by atoms with van der Waals surface area (Å²) in [6.07, 6.45) is 0. The Morgan fingerprint density at radius 2 is 1.09 bits per heavy atom. The number of aromatic nitrogens is 2. The molecule has 0 spiro atoms. The van der Waals surface area contributed by atoms with Gasteiger partial charge in [0, 0.05) is 39.2 Å². The quantitative estimate of drug-likeness (QED) is 0.174. The predicted molar refractivity (Wildman–Crippen MR) is 221 cm³/mol. The summed E-state index contributed by atoms with van der Waals surface area (Å²) in [5, 5.41) is 4.24. The monoisotopic (exact) mass is 693 g/mol. The van der Waals surface area contributed by atoms with Gasteiger partial charge in [-0.25, -0.2) is 4.98 Å². The molecule has 0 aliphatic carbocycles. The van der Waals surface area contributed by atoms with E-state index in [0.29, 0.717) is 11.5 Å². The zero-order valence-corrected chi connectivity index (χ0v) is 29.1. The van der Waals surface area contributed by atoms with Gasteiger partial charge in [-0.3, -0.25) is 0 Å². The van der Waals surface area contributed by atoms with Crippen LogP contribution in [-0.2, 0) is 0 Å². The normalized spacial score (nSPS) is 11.7. The van der Waals surface area contributed by atoms with Crippen LogP contribution < -0.4 is 4.90 Å². The van der Waals surface area contributed by atoms with Gasteiger partial charge < -0.3 is 18.3 Å². The largest absolute Gasteiger partial charge is 0.456 e. The van der Waals surface area contributed by atoms with Crippen molar-refractivity contribution in [3.8, 4) is 28.3 Å². The van der Waals surface area contributed by atoms with E-state index in [1.807, 2.05) is 54.6 Å². The molecule has 0 saturated carbocycles. The van der Waals surface area contributed by atoms with Gasteiger partial charge in [-0.05, 0) is 65.7 Å². The van der Waals surface area contributed by atoms with E-state index in [1.54, 1.807) is 0 Å². The Hall–Kier alpha value is -7.37. The Balaban J connectivity index is 1.26.